The van der Waals surface area contributed by atoms with Crippen LogP contribution in [0, 0.1) is 0 Å². The van der Waals surface area contributed by atoms with E-state index >= 15 is 0 Å². The molecule has 0 bridgehead atoms. The van der Waals surface area contributed by atoms with Crippen molar-refractivity contribution in [3.05, 3.63) is 109 Å². The molecule has 0 aliphatic carbocycles. The number of thioether (sulfide) groups is 1. The van der Waals surface area contributed by atoms with Crippen LogP contribution in [0.4, 0.5) is 5.69 Å². The van der Waals surface area contributed by atoms with E-state index in [1.807, 2.05) is 48.5 Å². The van der Waals surface area contributed by atoms with Crippen LogP contribution >= 0.6 is 50.9 Å². The minimum absolute atomic E-state index is 0.0300. The average molecular weight is 605 g/mol. The zero-order valence-corrected chi connectivity index (χ0v) is 22.9. The molecule has 3 aromatic carbocycles. The Hall–Kier alpha value is -2.71. The number of hydrogen-bond acceptors (Lipinski definition) is 6. The lowest BCUT2D eigenvalue weighted by Gasteiger charge is -2.12. The molecule has 1 aliphatic rings. The smallest absolute Gasteiger partial charge is 0.344 e. The molecule has 5 nitrogen and oxygen atoms in total. The van der Waals surface area contributed by atoms with E-state index in [4.69, 9.17) is 32.7 Å². The molecule has 0 aromatic heterocycles. The van der Waals surface area contributed by atoms with Crippen LogP contribution in [0.2, 0.25) is 10.0 Å². The second kappa shape index (κ2) is 12.0. The molecule has 0 saturated heterocycles. The SMILES string of the molecule is CCOC(=O)C1=C(O)/C(=C/c2cc(Br)ccc2OCc2ccc(Cl)cc2Cl)SC1=Nc1ccccc1. The van der Waals surface area contributed by atoms with Gasteiger partial charge in [0.05, 0.1) is 17.2 Å². The van der Waals surface area contributed by atoms with Gasteiger partial charge in [-0.15, -0.1) is 0 Å². The Labute approximate surface area is 231 Å². The molecule has 36 heavy (non-hydrogen) atoms. The molecule has 0 unspecified atom stereocenters. The topological polar surface area (TPSA) is 68.1 Å². The summed E-state index contributed by atoms with van der Waals surface area (Å²) >= 11 is 17.0. The number of para-hydroxylation sites is 1. The van der Waals surface area contributed by atoms with E-state index < -0.39 is 5.97 Å². The molecule has 3 aromatic rings. The molecule has 1 aliphatic heterocycles. The first kappa shape index (κ1) is 26.4. The summed E-state index contributed by atoms with van der Waals surface area (Å²) in [5, 5.41) is 12.4. The van der Waals surface area contributed by atoms with Crippen molar-refractivity contribution in [1.82, 2.24) is 0 Å². The maximum absolute atomic E-state index is 12.7. The first-order chi connectivity index (χ1) is 17.4. The van der Waals surface area contributed by atoms with Gasteiger partial charge < -0.3 is 14.6 Å². The lowest BCUT2D eigenvalue weighted by molar-refractivity contribution is -0.138. The van der Waals surface area contributed by atoms with Crippen LogP contribution in [-0.4, -0.2) is 22.7 Å². The molecule has 0 radical (unpaired) electrons. The Balaban J connectivity index is 1.69. The number of carbonyl (C=O) groups is 1. The molecule has 9 heteroatoms. The van der Waals surface area contributed by atoms with Crippen LogP contribution in [0.15, 0.2) is 92.4 Å². The second-order valence-electron chi connectivity index (χ2n) is 7.51. The van der Waals surface area contributed by atoms with Gasteiger partial charge in [-0.2, -0.15) is 0 Å². The molecule has 4 rings (SSSR count). The highest BCUT2D eigenvalue weighted by atomic mass is 79.9. The average Bonchev–Trinajstić information content (AvgIpc) is 3.14. The number of aliphatic imine (C=N–C) groups is 1. The lowest BCUT2D eigenvalue weighted by Crippen LogP contribution is -2.12. The van der Waals surface area contributed by atoms with Crippen molar-refractivity contribution in [2.45, 2.75) is 13.5 Å². The predicted octanol–water partition coefficient (Wildman–Crippen LogP) is 8.53. The largest absolute Gasteiger partial charge is 0.506 e. The Morgan fingerprint density at radius 2 is 1.89 bits per heavy atom. The van der Waals surface area contributed by atoms with Gasteiger partial charge in [-0.25, -0.2) is 9.79 Å². The number of aliphatic hydroxyl groups is 1. The summed E-state index contributed by atoms with van der Waals surface area (Å²) in [5.41, 5.74) is 2.15. The Morgan fingerprint density at radius 1 is 1.11 bits per heavy atom. The molecular formula is C27H20BrCl2NO4S. The van der Waals surface area contributed by atoms with Gasteiger partial charge >= 0.3 is 5.97 Å². The van der Waals surface area contributed by atoms with Crippen molar-refractivity contribution in [3.8, 4) is 5.75 Å². The van der Waals surface area contributed by atoms with Crippen molar-refractivity contribution in [1.29, 1.82) is 0 Å². The number of rotatable bonds is 7. The number of aliphatic hydroxyl groups excluding tert-OH is 1. The molecule has 0 amide bonds. The van der Waals surface area contributed by atoms with Gasteiger partial charge in [-0.1, -0.05) is 75.2 Å². The Bertz CT molecular complexity index is 1390. The van der Waals surface area contributed by atoms with Crippen molar-refractivity contribution in [3.63, 3.8) is 0 Å². The Morgan fingerprint density at radius 3 is 2.61 bits per heavy atom. The molecule has 1 N–H and O–H groups in total. The Kier molecular flexibility index (Phi) is 8.80. The highest BCUT2D eigenvalue weighted by Gasteiger charge is 2.33. The summed E-state index contributed by atoms with van der Waals surface area (Å²) in [6.45, 7) is 2.10. The predicted molar refractivity (Wildman–Crippen MR) is 150 cm³/mol. The number of ether oxygens (including phenoxy) is 2. The normalized spacial score (nSPS) is 15.6. The molecule has 0 saturated carbocycles. The summed E-state index contributed by atoms with van der Waals surface area (Å²) in [7, 11) is 0. The minimum atomic E-state index is -0.635. The van der Waals surface area contributed by atoms with Gasteiger partial charge in [-0.05, 0) is 55.5 Å². The van der Waals surface area contributed by atoms with Crippen molar-refractivity contribution in [2.75, 3.05) is 6.61 Å². The van der Waals surface area contributed by atoms with Crippen LogP contribution in [0.25, 0.3) is 6.08 Å². The number of halogens is 3. The fraction of sp³-hybridized carbons (Fsp3) is 0.111. The summed E-state index contributed by atoms with van der Waals surface area (Å²) in [5.74, 6) is -0.264. The summed E-state index contributed by atoms with van der Waals surface area (Å²) in [6, 6.07) is 19.9. The van der Waals surface area contributed by atoms with E-state index in [9.17, 15) is 9.90 Å². The first-order valence-corrected chi connectivity index (χ1v) is 13.2. The van der Waals surface area contributed by atoms with Gasteiger partial charge in [0.2, 0.25) is 0 Å². The van der Waals surface area contributed by atoms with E-state index in [1.54, 1.807) is 31.2 Å². The standard InChI is InChI=1S/C27H20BrCl2NO4S/c1-2-34-27(33)24-25(32)23(36-26(24)31-20-6-4-3-5-7-20)13-17-12-18(28)9-11-22(17)35-15-16-8-10-19(29)14-21(16)30/h3-14,32H,2,15H2,1H3/b23-13-,31-26?. The summed E-state index contributed by atoms with van der Waals surface area (Å²) in [6.07, 6.45) is 1.75. The number of nitrogens with zero attached hydrogens (tertiary/aromatic N) is 1. The highest BCUT2D eigenvalue weighted by molar-refractivity contribution is 9.10. The van der Waals surface area contributed by atoms with Crippen LogP contribution < -0.4 is 4.74 Å². The maximum Gasteiger partial charge on any atom is 0.344 e. The zero-order valence-electron chi connectivity index (χ0n) is 19.0. The second-order valence-corrected chi connectivity index (χ2v) is 10.3. The highest BCUT2D eigenvalue weighted by Crippen LogP contribution is 2.41. The van der Waals surface area contributed by atoms with Gasteiger partial charge in [-0.3, -0.25) is 0 Å². The number of esters is 1. The monoisotopic (exact) mass is 603 g/mol. The van der Waals surface area contributed by atoms with Gasteiger partial charge in [0.25, 0.3) is 0 Å². The van der Waals surface area contributed by atoms with Gasteiger partial charge in [0.15, 0.2) is 0 Å². The van der Waals surface area contributed by atoms with Crippen LogP contribution in [0.1, 0.15) is 18.1 Å². The fourth-order valence-electron chi connectivity index (χ4n) is 3.31. The lowest BCUT2D eigenvalue weighted by atomic mass is 10.1. The fourth-order valence-corrected chi connectivity index (χ4v) is 5.18. The van der Waals surface area contributed by atoms with Crippen LogP contribution in [0.3, 0.4) is 0 Å². The number of hydrogen-bond donors (Lipinski definition) is 1. The van der Waals surface area contributed by atoms with Crippen molar-refractivity contribution >= 4 is 73.7 Å². The van der Waals surface area contributed by atoms with E-state index in [0.717, 1.165) is 10.0 Å². The third-order valence-electron chi connectivity index (χ3n) is 5.01. The van der Waals surface area contributed by atoms with Gasteiger partial charge in [0.1, 0.15) is 28.7 Å². The number of carbonyl (C=O) groups excluding carboxylic acids is 1. The molecule has 0 spiro atoms. The van der Waals surface area contributed by atoms with Crippen LogP contribution in [-0.2, 0) is 16.1 Å². The van der Waals surface area contributed by atoms with Crippen LogP contribution in [0.5, 0.6) is 5.75 Å². The third kappa shape index (κ3) is 6.34. The maximum atomic E-state index is 12.7. The van der Waals surface area contributed by atoms with Gasteiger partial charge in [0, 0.05) is 25.6 Å². The molecule has 0 fully saturated rings. The number of benzene rings is 3. The summed E-state index contributed by atoms with van der Waals surface area (Å²) < 4.78 is 12.1. The minimum Gasteiger partial charge on any atom is -0.506 e. The van der Waals surface area contributed by atoms with E-state index in [1.165, 1.54) is 11.8 Å². The zero-order chi connectivity index (χ0) is 25.7. The van der Waals surface area contributed by atoms with E-state index in [2.05, 4.69) is 20.9 Å². The first-order valence-electron chi connectivity index (χ1n) is 10.9. The van der Waals surface area contributed by atoms with Crippen molar-refractivity contribution < 1.29 is 19.4 Å². The third-order valence-corrected chi connectivity index (χ3v) is 7.11. The molecule has 1 heterocycles. The van der Waals surface area contributed by atoms with Crippen molar-refractivity contribution in [2.24, 2.45) is 4.99 Å². The van der Waals surface area contributed by atoms with E-state index in [-0.39, 0.29) is 24.5 Å². The molecule has 184 valence electrons. The van der Waals surface area contributed by atoms with E-state index in [0.29, 0.717) is 37.0 Å². The summed E-state index contributed by atoms with van der Waals surface area (Å²) in [4.78, 5) is 17.7. The molecule has 0 atom stereocenters. The molecular weight excluding hydrogens is 585 g/mol. The quantitative estimate of drug-likeness (QED) is 0.274.